The molecule has 1 aliphatic heterocycles. The molecule has 128 valence electrons. The molecular weight excluding hydrogens is 306 g/mol. The minimum Gasteiger partial charge on any atom is -0.384 e. The van der Waals surface area contributed by atoms with Gasteiger partial charge in [0.25, 0.3) is 0 Å². The first kappa shape index (κ1) is 16.1. The Balaban J connectivity index is 1.30. The Bertz CT molecular complexity index is 802. The molecule has 25 heavy (non-hydrogen) atoms. The van der Waals surface area contributed by atoms with Crippen LogP contribution in [0.25, 0.3) is 10.8 Å². The lowest BCUT2D eigenvalue weighted by Gasteiger charge is -2.32. The maximum atomic E-state index is 4.21. The van der Waals surface area contributed by atoms with E-state index >= 15 is 0 Å². The monoisotopic (exact) mass is 331 g/mol. The predicted molar refractivity (Wildman–Crippen MR) is 105 cm³/mol. The number of hydrogen-bond donors (Lipinski definition) is 1. The van der Waals surface area contributed by atoms with Crippen molar-refractivity contribution in [3.8, 4) is 0 Å². The Morgan fingerprint density at radius 3 is 2.64 bits per heavy atom. The van der Waals surface area contributed by atoms with Crippen molar-refractivity contribution in [2.75, 3.05) is 25.0 Å². The van der Waals surface area contributed by atoms with E-state index in [1.165, 1.54) is 48.0 Å². The van der Waals surface area contributed by atoms with Crippen LogP contribution in [-0.4, -0.2) is 29.5 Å². The Labute approximate surface area is 149 Å². The summed E-state index contributed by atoms with van der Waals surface area (Å²) >= 11 is 0. The zero-order chi connectivity index (χ0) is 16.9. The molecule has 1 N–H and O–H groups in total. The van der Waals surface area contributed by atoms with Crippen LogP contribution in [-0.2, 0) is 6.54 Å². The number of likely N-dealkylation sites (tertiary alicyclic amines) is 1. The van der Waals surface area contributed by atoms with Crippen LogP contribution in [0.1, 0.15) is 18.4 Å². The normalized spacial score (nSPS) is 16.2. The van der Waals surface area contributed by atoms with Gasteiger partial charge in [0.05, 0.1) is 0 Å². The molecule has 0 unspecified atom stereocenters. The van der Waals surface area contributed by atoms with Gasteiger partial charge in [0.15, 0.2) is 0 Å². The van der Waals surface area contributed by atoms with Gasteiger partial charge in [-0.2, -0.15) is 0 Å². The van der Waals surface area contributed by atoms with Crippen LogP contribution in [0.4, 0.5) is 5.69 Å². The van der Waals surface area contributed by atoms with Crippen LogP contribution >= 0.6 is 0 Å². The minimum absolute atomic E-state index is 0.754. The Morgan fingerprint density at radius 2 is 1.80 bits per heavy atom. The molecule has 0 atom stereocenters. The number of piperidine rings is 1. The minimum atomic E-state index is 0.754. The molecule has 0 amide bonds. The van der Waals surface area contributed by atoms with Crippen molar-refractivity contribution in [1.82, 2.24) is 9.88 Å². The highest BCUT2D eigenvalue weighted by atomic mass is 15.1. The van der Waals surface area contributed by atoms with Crippen LogP contribution in [0.3, 0.4) is 0 Å². The van der Waals surface area contributed by atoms with E-state index in [0.717, 1.165) is 19.0 Å². The number of anilines is 1. The highest BCUT2D eigenvalue weighted by molar-refractivity contribution is 5.93. The first-order valence-electron chi connectivity index (χ1n) is 9.21. The zero-order valence-corrected chi connectivity index (χ0v) is 14.6. The summed E-state index contributed by atoms with van der Waals surface area (Å²) in [5, 5.41) is 6.14. The van der Waals surface area contributed by atoms with Gasteiger partial charge in [0, 0.05) is 41.9 Å². The molecule has 1 aromatic heterocycles. The number of rotatable bonds is 5. The summed E-state index contributed by atoms with van der Waals surface area (Å²) in [5.41, 5.74) is 2.65. The van der Waals surface area contributed by atoms with E-state index in [1.807, 2.05) is 12.4 Å². The first-order valence-corrected chi connectivity index (χ1v) is 9.21. The summed E-state index contributed by atoms with van der Waals surface area (Å²) in [6, 6.07) is 19.3. The van der Waals surface area contributed by atoms with Crippen molar-refractivity contribution in [2.24, 2.45) is 5.92 Å². The SMILES string of the molecule is c1ccc(CN2CCC(CNc3cccc4cnccc34)CC2)cc1. The van der Waals surface area contributed by atoms with Gasteiger partial charge in [-0.1, -0.05) is 42.5 Å². The lowest BCUT2D eigenvalue weighted by molar-refractivity contribution is 0.182. The van der Waals surface area contributed by atoms with E-state index in [2.05, 4.69) is 69.8 Å². The second-order valence-corrected chi connectivity index (χ2v) is 6.99. The molecule has 3 nitrogen and oxygen atoms in total. The molecule has 0 bridgehead atoms. The Hall–Kier alpha value is -2.39. The van der Waals surface area contributed by atoms with Crippen LogP contribution < -0.4 is 5.32 Å². The molecule has 2 heterocycles. The molecule has 3 aromatic rings. The van der Waals surface area contributed by atoms with E-state index < -0.39 is 0 Å². The van der Waals surface area contributed by atoms with Crippen LogP contribution in [0.5, 0.6) is 0 Å². The first-order chi connectivity index (χ1) is 12.4. The standard InChI is InChI=1S/C22H25N3/c1-2-5-19(6-3-1)17-25-13-10-18(11-14-25)15-24-22-8-4-7-20-16-23-12-9-21(20)22/h1-9,12,16,18,24H,10-11,13-15,17H2. The maximum Gasteiger partial charge on any atom is 0.0421 e. The quantitative estimate of drug-likeness (QED) is 0.743. The number of fused-ring (bicyclic) bond motifs is 1. The summed E-state index contributed by atoms with van der Waals surface area (Å²) in [7, 11) is 0. The van der Waals surface area contributed by atoms with E-state index in [1.54, 1.807) is 0 Å². The second kappa shape index (κ2) is 7.66. The number of benzene rings is 2. The summed E-state index contributed by atoms with van der Waals surface area (Å²) in [6.07, 6.45) is 6.34. The van der Waals surface area contributed by atoms with Crippen LogP contribution in [0, 0.1) is 5.92 Å². The lowest BCUT2D eigenvalue weighted by Crippen LogP contribution is -2.35. The molecular formula is C22H25N3. The van der Waals surface area contributed by atoms with E-state index in [0.29, 0.717) is 0 Å². The molecule has 1 aliphatic rings. The Kier molecular flexibility index (Phi) is 4.93. The number of pyridine rings is 1. The fourth-order valence-electron chi connectivity index (χ4n) is 3.72. The fourth-order valence-corrected chi connectivity index (χ4v) is 3.72. The van der Waals surface area contributed by atoms with Crippen molar-refractivity contribution in [3.05, 3.63) is 72.6 Å². The third-order valence-electron chi connectivity index (χ3n) is 5.22. The summed E-state index contributed by atoms with van der Waals surface area (Å²) < 4.78 is 0. The third-order valence-corrected chi connectivity index (χ3v) is 5.22. The van der Waals surface area contributed by atoms with Crippen LogP contribution in [0.2, 0.25) is 0 Å². The van der Waals surface area contributed by atoms with Gasteiger partial charge < -0.3 is 5.32 Å². The molecule has 3 heteroatoms. The molecule has 0 saturated carbocycles. The number of nitrogens with zero attached hydrogens (tertiary/aromatic N) is 2. The third kappa shape index (κ3) is 3.99. The largest absolute Gasteiger partial charge is 0.384 e. The molecule has 4 rings (SSSR count). The van der Waals surface area contributed by atoms with E-state index in [-0.39, 0.29) is 0 Å². The van der Waals surface area contributed by atoms with E-state index in [4.69, 9.17) is 0 Å². The average molecular weight is 331 g/mol. The molecule has 0 spiro atoms. The van der Waals surface area contributed by atoms with Gasteiger partial charge in [-0.05, 0) is 49.5 Å². The predicted octanol–water partition coefficient (Wildman–Crippen LogP) is 4.56. The van der Waals surface area contributed by atoms with Crippen molar-refractivity contribution < 1.29 is 0 Å². The second-order valence-electron chi connectivity index (χ2n) is 6.99. The highest BCUT2D eigenvalue weighted by Crippen LogP contribution is 2.24. The molecule has 0 aliphatic carbocycles. The number of hydrogen-bond acceptors (Lipinski definition) is 3. The molecule has 1 fully saturated rings. The smallest absolute Gasteiger partial charge is 0.0421 e. The number of aromatic nitrogens is 1. The van der Waals surface area contributed by atoms with Crippen molar-refractivity contribution in [2.45, 2.75) is 19.4 Å². The van der Waals surface area contributed by atoms with Crippen LogP contribution in [0.15, 0.2) is 67.0 Å². The van der Waals surface area contributed by atoms with Crippen molar-refractivity contribution >= 4 is 16.5 Å². The van der Waals surface area contributed by atoms with Gasteiger partial charge >= 0.3 is 0 Å². The van der Waals surface area contributed by atoms with Gasteiger partial charge in [-0.25, -0.2) is 0 Å². The fraction of sp³-hybridized carbons (Fsp3) is 0.318. The van der Waals surface area contributed by atoms with E-state index in [9.17, 15) is 0 Å². The van der Waals surface area contributed by atoms with Gasteiger partial charge in [-0.3, -0.25) is 9.88 Å². The van der Waals surface area contributed by atoms with Gasteiger partial charge in [-0.15, -0.1) is 0 Å². The number of nitrogens with one attached hydrogen (secondary N) is 1. The summed E-state index contributed by atoms with van der Waals surface area (Å²) in [4.78, 5) is 6.79. The zero-order valence-electron chi connectivity index (χ0n) is 14.6. The van der Waals surface area contributed by atoms with Crippen molar-refractivity contribution in [3.63, 3.8) is 0 Å². The topological polar surface area (TPSA) is 28.2 Å². The highest BCUT2D eigenvalue weighted by Gasteiger charge is 2.19. The summed E-state index contributed by atoms with van der Waals surface area (Å²) in [6.45, 7) is 4.53. The summed E-state index contributed by atoms with van der Waals surface area (Å²) in [5.74, 6) is 0.754. The molecule has 2 aromatic carbocycles. The maximum absolute atomic E-state index is 4.21. The lowest BCUT2D eigenvalue weighted by atomic mass is 9.96. The molecule has 1 saturated heterocycles. The van der Waals surface area contributed by atoms with Gasteiger partial charge in [0.1, 0.15) is 0 Å². The average Bonchev–Trinajstić information content (AvgIpc) is 2.68. The Morgan fingerprint density at radius 1 is 0.960 bits per heavy atom. The van der Waals surface area contributed by atoms with Gasteiger partial charge in [0.2, 0.25) is 0 Å². The van der Waals surface area contributed by atoms with Crippen molar-refractivity contribution in [1.29, 1.82) is 0 Å². The molecule has 0 radical (unpaired) electrons.